The standard InChI is InChI=1S/C23H31O5P.Li/c1-15(2)13-27-17-10-11-21(20(12-17)28-14-16(3)4)29-23(24)22-18(25-5)8-7-9-19(22)26-6;/h7-12,15-16,29H,13-14H2,1-6H3;/q;+1. The molecule has 2 aromatic rings. The molecule has 1 unspecified atom stereocenters. The second-order valence-electron chi connectivity index (χ2n) is 7.56. The minimum absolute atomic E-state index is 0. The predicted octanol–water partition coefficient (Wildman–Crippen LogP) is 1.92. The Morgan fingerprint density at radius 2 is 1.43 bits per heavy atom. The summed E-state index contributed by atoms with van der Waals surface area (Å²) in [7, 11) is 2.97. The molecule has 5 nitrogen and oxygen atoms in total. The average molecular weight is 425 g/mol. The maximum atomic E-state index is 13.1. The minimum Gasteiger partial charge on any atom is -0.496 e. The van der Waals surface area contributed by atoms with Gasteiger partial charge >= 0.3 is 18.9 Å². The van der Waals surface area contributed by atoms with Crippen LogP contribution in [0.2, 0.25) is 0 Å². The van der Waals surface area contributed by atoms with Gasteiger partial charge in [0.15, 0.2) is 5.52 Å². The average Bonchev–Trinajstić information content (AvgIpc) is 2.70. The first kappa shape index (κ1) is 26.4. The zero-order chi connectivity index (χ0) is 21.4. The molecule has 2 rings (SSSR count). The Balaban J connectivity index is 0.00000450. The number of hydrogen-bond acceptors (Lipinski definition) is 5. The van der Waals surface area contributed by atoms with Gasteiger partial charge in [-0.1, -0.05) is 33.8 Å². The fourth-order valence-electron chi connectivity index (χ4n) is 2.59. The Morgan fingerprint density at radius 1 is 0.867 bits per heavy atom. The summed E-state index contributed by atoms with van der Waals surface area (Å²) in [5, 5.41) is 0.834. The number of hydrogen-bond donors (Lipinski definition) is 0. The van der Waals surface area contributed by atoms with E-state index in [0.717, 1.165) is 11.1 Å². The zero-order valence-electron chi connectivity index (χ0n) is 19.1. The molecule has 0 radical (unpaired) electrons. The van der Waals surface area contributed by atoms with Gasteiger partial charge < -0.3 is 18.9 Å². The van der Waals surface area contributed by atoms with Crippen molar-refractivity contribution in [2.24, 2.45) is 11.8 Å². The largest absolute Gasteiger partial charge is 1.00 e. The van der Waals surface area contributed by atoms with E-state index < -0.39 is 0 Å². The van der Waals surface area contributed by atoms with Crippen LogP contribution < -0.4 is 43.1 Å². The Hall–Kier alpha value is -1.66. The monoisotopic (exact) mass is 425 g/mol. The van der Waals surface area contributed by atoms with E-state index in [2.05, 4.69) is 27.7 Å². The smallest absolute Gasteiger partial charge is 0.496 e. The third-order valence-corrected chi connectivity index (χ3v) is 5.17. The first-order chi connectivity index (χ1) is 13.8. The zero-order valence-corrected chi connectivity index (χ0v) is 20.1. The summed E-state index contributed by atoms with van der Waals surface area (Å²) in [4.78, 5) is 13.1. The summed E-state index contributed by atoms with van der Waals surface area (Å²) in [6.45, 7) is 9.58. The fourth-order valence-corrected chi connectivity index (χ4v) is 3.64. The molecule has 2 aromatic carbocycles. The van der Waals surface area contributed by atoms with E-state index in [4.69, 9.17) is 18.9 Å². The molecule has 0 fully saturated rings. The van der Waals surface area contributed by atoms with Crippen molar-refractivity contribution >= 4 is 19.4 Å². The molecule has 0 amide bonds. The molecule has 0 aliphatic carbocycles. The van der Waals surface area contributed by atoms with Crippen LogP contribution in [0.4, 0.5) is 0 Å². The Bertz CT molecular complexity index is 801. The molecule has 7 heteroatoms. The van der Waals surface area contributed by atoms with Crippen molar-refractivity contribution < 1.29 is 42.6 Å². The van der Waals surface area contributed by atoms with E-state index in [1.165, 1.54) is 0 Å². The van der Waals surface area contributed by atoms with E-state index in [1.807, 2.05) is 18.2 Å². The maximum absolute atomic E-state index is 13.1. The molecule has 0 aliphatic rings. The molecular weight excluding hydrogens is 394 g/mol. The molecule has 0 saturated carbocycles. The van der Waals surface area contributed by atoms with Gasteiger partial charge in [0.2, 0.25) is 0 Å². The molecule has 30 heavy (non-hydrogen) atoms. The van der Waals surface area contributed by atoms with Crippen molar-refractivity contribution in [1.82, 2.24) is 0 Å². The molecule has 0 saturated heterocycles. The van der Waals surface area contributed by atoms with E-state index in [1.54, 1.807) is 32.4 Å². The molecule has 0 heterocycles. The molecule has 0 spiro atoms. The van der Waals surface area contributed by atoms with Gasteiger partial charge in [-0.15, -0.1) is 0 Å². The molecule has 1 atom stereocenters. The minimum atomic E-state index is -0.129. The quantitative estimate of drug-likeness (QED) is 0.407. The first-order valence-corrected chi connectivity index (χ1v) is 10.8. The number of methoxy groups -OCH3 is 2. The van der Waals surface area contributed by atoms with Gasteiger partial charge in [-0.25, -0.2) is 0 Å². The maximum Gasteiger partial charge on any atom is 1.00 e. The van der Waals surface area contributed by atoms with Gasteiger partial charge in [0.1, 0.15) is 28.6 Å². The first-order valence-electron chi connectivity index (χ1n) is 9.77. The number of carbonyl (C=O) groups excluding carboxylic acids is 1. The molecule has 0 N–H and O–H groups in total. The predicted molar refractivity (Wildman–Crippen MR) is 119 cm³/mol. The van der Waals surface area contributed by atoms with Crippen molar-refractivity contribution in [3.8, 4) is 23.0 Å². The van der Waals surface area contributed by atoms with Gasteiger partial charge in [0, 0.05) is 11.4 Å². The summed E-state index contributed by atoms with van der Waals surface area (Å²) < 4.78 is 22.6. The van der Waals surface area contributed by atoms with Crippen molar-refractivity contribution in [2.75, 3.05) is 27.4 Å². The van der Waals surface area contributed by atoms with Crippen LogP contribution in [0.1, 0.15) is 38.1 Å². The van der Waals surface area contributed by atoms with Gasteiger partial charge in [-0.3, -0.25) is 4.79 Å². The Kier molecular flexibility index (Phi) is 11.3. The summed E-state index contributed by atoms with van der Waals surface area (Å²) >= 11 is 0. The topological polar surface area (TPSA) is 54.0 Å². The van der Waals surface area contributed by atoms with Gasteiger partial charge in [-0.05, 0) is 44.7 Å². The second kappa shape index (κ2) is 12.9. The van der Waals surface area contributed by atoms with Crippen LogP contribution in [-0.4, -0.2) is 33.0 Å². The number of benzene rings is 2. The molecule has 0 aromatic heterocycles. The normalized spacial score (nSPS) is 10.9. The third kappa shape index (κ3) is 7.55. The van der Waals surface area contributed by atoms with Crippen molar-refractivity contribution in [1.29, 1.82) is 0 Å². The van der Waals surface area contributed by atoms with Crippen LogP contribution >= 0.6 is 8.58 Å². The second-order valence-corrected chi connectivity index (χ2v) is 8.80. The summed E-state index contributed by atoms with van der Waals surface area (Å²) in [5.74, 6) is 3.23. The Labute approximate surface area is 193 Å². The molecule has 0 bridgehead atoms. The SMILES string of the molecule is COc1cccc(OC)c1C(=O)Pc1ccc(OCC(C)C)cc1OCC(C)C.[Li+]. The molecule has 158 valence electrons. The van der Waals surface area contributed by atoms with Gasteiger partial charge in [0.25, 0.3) is 0 Å². The van der Waals surface area contributed by atoms with Crippen LogP contribution in [0.5, 0.6) is 23.0 Å². The van der Waals surface area contributed by atoms with Crippen molar-refractivity contribution in [2.45, 2.75) is 27.7 Å². The van der Waals surface area contributed by atoms with Crippen LogP contribution in [0.25, 0.3) is 0 Å². The number of carbonyl (C=O) groups is 1. The number of rotatable bonds is 11. The number of ether oxygens (including phenoxy) is 4. The van der Waals surface area contributed by atoms with E-state index in [-0.39, 0.29) is 33.0 Å². The fraction of sp³-hybridized carbons (Fsp3) is 0.435. The third-order valence-electron chi connectivity index (χ3n) is 4.01. The van der Waals surface area contributed by atoms with Gasteiger partial charge in [-0.2, -0.15) is 0 Å². The van der Waals surface area contributed by atoms with E-state index in [0.29, 0.717) is 47.9 Å². The van der Waals surface area contributed by atoms with Crippen molar-refractivity contribution in [3.63, 3.8) is 0 Å². The van der Waals surface area contributed by atoms with Crippen LogP contribution in [0.15, 0.2) is 36.4 Å². The van der Waals surface area contributed by atoms with Crippen molar-refractivity contribution in [3.05, 3.63) is 42.0 Å². The molecular formula is C23H31LiO5P+. The van der Waals surface area contributed by atoms with Crippen LogP contribution in [-0.2, 0) is 0 Å². The van der Waals surface area contributed by atoms with Crippen LogP contribution in [0, 0.1) is 11.8 Å². The summed E-state index contributed by atoms with van der Waals surface area (Å²) in [6, 6.07) is 11.0. The summed E-state index contributed by atoms with van der Waals surface area (Å²) in [5.41, 5.74) is 0.385. The van der Waals surface area contributed by atoms with E-state index >= 15 is 0 Å². The Morgan fingerprint density at radius 3 is 1.97 bits per heavy atom. The van der Waals surface area contributed by atoms with Gasteiger partial charge in [0.05, 0.1) is 27.4 Å². The van der Waals surface area contributed by atoms with E-state index in [9.17, 15) is 4.79 Å². The summed E-state index contributed by atoms with van der Waals surface area (Å²) in [6.07, 6.45) is 0. The molecule has 0 aliphatic heterocycles. The van der Waals surface area contributed by atoms with Crippen LogP contribution in [0.3, 0.4) is 0 Å².